The minimum atomic E-state index is -0.00314. The summed E-state index contributed by atoms with van der Waals surface area (Å²) in [6.45, 7) is 4.20. The highest BCUT2D eigenvalue weighted by Crippen LogP contribution is 2.22. The molecule has 0 bridgehead atoms. The van der Waals surface area contributed by atoms with Crippen LogP contribution in [-0.4, -0.2) is 29.7 Å². The molecule has 0 atom stereocenters. The molecule has 0 saturated carbocycles. The zero-order chi connectivity index (χ0) is 18.5. The lowest BCUT2D eigenvalue weighted by Crippen LogP contribution is -2.37. The smallest absolute Gasteiger partial charge is 0.227 e. The number of halogens is 1. The Bertz CT molecular complexity index is 781. The molecular formula is C21H23ClN2O2. The number of carbonyl (C=O) groups excluding carboxylic acids is 2. The molecule has 1 heterocycles. The van der Waals surface area contributed by atoms with Gasteiger partial charge in [0, 0.05) is 28.7 Å². The van der Waals surface area contributed by atoms with Crippen LogP contribution in [0.4, 0.5) is 5.69 Å². The summed E-state index contributed by atoms with van der Waals surface area (Å²) in [5, 5.41) is 3.70. The van der Waals surface area contributed by atoms with Gasteiger partial charge in [0.05, 0.1) is 0 Å². The van der Waals surface area contributed by atoms with Gasteiger partial charge in [-0.05, 0) is 62.7 Å². The number of amides is 1. The van der Waals surface area contributed by atoms with Gasteiger partial charge in [-0.1, -0.05) is 35.9 Å². The van der Waals surface area contributed by atoms with Crippen LogP contribution in [0.2, 0.25) is 5.02 Å². The van der Waals surface area contributed by atoms with E-state index in [1.807, 2.05) is 30.3 Å². The highest BCUT2D eigenvalue weighted by molar-refractivity contribution is 6.30. The molecule has 1 amide bonds. The summed E-state index contributed by atoms with van der Waals surface area (Å²) in [6, 6.07) is 15.0. The fourth-order valence-corrected chi connectivity index (χ4v) is 3.39. The predicted molar refractivity (Wildman–Crippen MR) is 105 cm³/mol. The van der Waals surface area contributed by atoms with Crippen LogP contribution >= 0.6 is 11.6 Å². The van der Waals surface area contributed by atoms with Gasteiger partial charge in [-0.3, -0.25) is 14.5 Å². The van der Waals surface area contributed by atoms with Crippen LogP contribution in [-0.2, 0) is 11.3 Å². The molecule has 1 fully saturated rings. The van der Waals surface area contributed by atoms with E-state index in [0.717, 1.165) is 37.5 Å². The highest BCUT2D eigenvalue weighted by Gasteiger charge is 2.25. The Morgan fingerprint density at radius 3 is 2.46 bits per heavy atom. The maximum atomic E-state index is 12.5. The standard InChI is InChI=1S/C21H23ClN2O2/c1-15(25)18-3-2-4-20(13-18)23-21(26)17-9-11-24(12-10-17)14-16-5-7-19(22)8-6-16/h2-8,13,17H,9-12,14H2,1H3,(H,23,26). The maximum Gasteiger partial charge on any atom is 0.227 e. The second kappa shape index (κ2) is 8.47. The number of ketones is 1. The predicted octanol–water partition coefficient (Wildman–Crippen LogP) is 4.39. The second-order valence-corrected chi connectivity index (χ2v) is 7.24. The first-order valence-electron chi connectivity index (χ1n) is 8.90. The van der Waals surface area contributed by atoms with Crippen molar-refractivity contribution in [1.29, 1.82) is 0 Å². The molecule has 3 rings (SSSR count). The first-order chi connectivity index (χ1) is 12.5. The SMILES string of the molecule is CC(=O)c1cccc(NC(=O)C2CCN(Cc3ccc(Cl)cc3)CC2)c1. The van der Waals surface area contributed by atoms with Crippen molar-refractivity contribution in [3.63, 3.8) is 0 Å². The van der Waals surface area contributed by atoms with Crippen molar-refractivity contribution in [2.24, 2.45) is 5.92 Å². The van der Waals surface area contributed by atoms with Gasteiger partial charge < -0.3 is 5.32 Å². The molecule has 5 heteroatoms. The van der Waals surface area contributed by atoms with Gasteiger partial charge >= 0.3 is 0 Å². The third-order valence-corrected chi connectivity index (χ3v) is 5.07. The second-order valence-electron chi connectivity index (χ2n) is 6.80. The number of hydrogen-bond acceptors (Lipinski definition) is 3. The van der Waals surface area contributed by atoms with Gasteiger partial charge in [0.2, 0.25) is 5.91 Å². The molecular weight excluding hydrogens is 348 g/mol. The van der Waals surface area contributed by atoms with E-state index in [9.17, 15) is 9.59 Å². The number of Topliss-reactive ketones (excluding diaryl/α,β-unsaturated/α-hetero) is 1. The van der Waals surface area contributed by atoms with Gasteiger partial charge in [-0.25, -0.2) is 0 Å². The quantitative estimate of drug-likeness (QED) is 0.794. The average molecular weight is 371 g/mol. The fraction of sp³-hybridized carbons (Fsp3) is 0.333. The number of piperidine rings is 1. The van der Waals surface area contributed by atoms with Crippen LogP contribution in [0, 0.1) is 5.92 Å². The molecule has 0 aliphatic carbocycles. The van der Waals surface area contributed by atoms with E-state index in [1.54, 1.807) is 18.2 Å². The molecule has 0 spiro atoms. The average Bonchev–Trinajstić information content (AvgIpc) is 2.64. The molecule has 2 aromatic carbocycles. The van der Waals surface area contributed by atoms with E-state index in [2.05, 4.69) is 10.2 Å². The van der Waals surface area contributed by atoms with Crippen molar-refractivity contribution in [3.8, 4) is 0 Å². The molecule has 26 heavy (non-hydrogen) atoms. The molecule has 1 aliphatic rings. The Morgan fingerprint density at radius 1 is 1.12 bits per heavy atom. The molecule has 0 radical (unpaired) electrons. The molecule has 1 saturated heterocycles. The molecule has 2 aromatic rings. The first-order valence-corrected chi connectivity index (χ1v) is 9.28. The highest BCUT2D eigenvalue weighted by atomic mass is 35.5. The van der Waals surface area contributed by atoms with E-state index in [1.165, 1.54) is 12.5 Å². The molecule has 0 unspecified atom stereocenters. The van der Waals surface area contributed by atoms with Crippen LogP contribution in [0.15, 0.2) is 48.5 Å². The minimum absolute atomic E-state index is 0.00314. The largest absolute Gasteiger partial charge is 0.326 e. The van der Waals surface area contributed by atoms with Crippen LogP contribution in [0.3, 0.4) is 0 Å². The van der Waals surface area contributed by atoms with Gasteiger partial charge in [0.15, 0.2) is 5.78 Å². The normalized spacial score (nSPS) is 15.6. The summed E-state index contributed by atoms with van der Waals surface area (Å²) >= 11 is 5.93. The molecule has 0 aromatic heterocycles. The summed E-state index contributed by atoms with van der Waals surface area (Å²) in [5.74, 6) is 0.0471. The number of carbonyl (C=O) groups is 2. The Kier molecular flexibility index (Phi) is 6.07. The maximum absolute atomic E-state index is 12.5. The number of anilines is 1. The van der Waals surface area contributed by atoms with Crippen LogP contribution in [0.5, 0.6) is 0 Å². The fourth-order valence-electron chi connectivity index (χ4n) is 3.26. The third-order valence-electron chi connectivity index (χ3n) is 4.81. The number of benzene rings is 2. The number of nitrogens with zero attached hydrogens (tertiary/aromatic N) is 1. The lowest BCUT2D eigenvalue weighted by atomic mass is 9.95. The Hall–Kier alpha value is -2.17. The molecule has 1 aliphatic heterocycles. The third kappa shape index (κ3) is 4.93. The Balaban J connectivity index is 1.51. The summed E-state index contributed by atoms with van der Waals surface area (Å²) in [7, 11) is 0. The summed E-state index contributed by atoms with van der Waals surface area (Å²) in [6.07, 6.45) is 1.68. The van der Waals surface area contributed by atoms with E-state index >= 15 is 0 Å². The van der Waals surface area contributed by atoms with Crippen molar-refractivity contribution in [1.82, 2.24) is 4.90 Å². The van der Waals surface area contributed by atoms with E-state index < -0.39 is 0 Å². The van der Waals surface area contributed by atoms with Crippen molar-refractivity contribution < 1.29 is 9.59 Å². The van der Waals surface area contributed by atoms with E-state index in [4.69, 9.17) is 11.6 Å². The number of rotatable bonds is 5. The zero-order valence-corrected chi connectivity index (χ0v) is 15.6. The van der Waals surface area contributed by atoms with Crippen LogP contribution in [0.1, 0.15) is 35.7 Å². The van der Waals surface area contributed by atoms with Crippen molar-refractivity contribution >= 4 is 29.0 Å². The van der Waals surface area contributed by atoms with E-state index in [-0.39, 0.29) is 17.6 Å². The number of hydrogen-bond donors (Lipinski definition) is 1. The summed E-state index contributed by atoms with van der Waals surface area (Å²) in [5.41, 5.74) is 2.53. The van der Waals surface area contributed by atoms with Crippen LogP contribution < -0.4 is 5.32 Å². The van der Waals surface area contributed by atoms with Crippen LogP contribution in [0.25, 0.3) is 0 Å². The monoisotopic (exact) mass is 370 g/mol. The van der Waals surface area contributed by atoms with Gasteiger partial charge in [0.25, 0.3) is 0 Å². The van der Waals surface area contributed by atoms with Crippen molar-refractivity contribution in [2.75, 3.05) is 18.4 Å². The number of likely N-dealkylation sites (tertiary alicyclic amines) is 1. The Morgan fingerprint density at radius 2 is 1.81 bits per heavy atom. The minimum Gasteiger partial charge on any atom is -0.326 e. The topological polar surface area (TPSA) is 49.4 Å². The molecule has 1 N–H and O–H groups in total. The summed E-state index contributed by atoms with van der Waals surface area (Å²) < 4.78 is 0. The molecule has 136 valence electrons. The van der Waals surface area contributed by atoms with Crippen molar-refractivity contribution in [3.05, 3.63) is 64.7 Å². The van der Waals surface area contributed by atoms with Crippen molar-refractivity contribution in [2.45, 2.75) is 26.3 Å². The summed E-state index contributed by atoms with van der Waals surface area (Å²) in [4.78, 5) is 26.4. The lowest BCUT2D eigenvalue weighted by Gasteiger charge is -2.31. The zero-order valence-electron chi connectivity index (χ0n) is 14.9. The Labute approximate surface area is 159 Å². The van der Waals surface area contributed by atoms with Gasteiger partial charge in [-0.15, -0.1) is 0 Å². The van der Waals surface area contributed by atoms with Gasteiger partial charge in [-0.2, -0.15) is 0 Å². The van der Waals surface area contributed by atoms with E-state index in [0.29, 0.717) is 11.3 Å². The molecule has 4 nitrogen and oxygen atoms in total. The van der Waals surface area contributed by atoms with Gasteiger partial charge in [0.1, 0.15) is 0 Å². The first kappa shape index (κ1) is 18.6. The number of nitrogens with one attached hydrogen (secondary N) is 1. The lowest BCUT2D eigenvalue weighted by molar-refractivity contribution is -0.121.